The summed E-state index contributed by atoms with van der Waals surface area (Å²) < 4.78 is 3.24. The lowest BCUT2D eigenvalue weighted by Gasteiger charge is -2.23. The standard InChI is InChI=1S/C8H11IN2/c1-11-5-7(9)8(10-11)6-3-2-4-6/h5-6H,2-4H2,1H3. The third-order valence-corrected chi connectivity index (χ3v) is 3.13. The van der Waals surface area contributed by atoms with E-state index >= 15 is 0 Å². The number of nitrogens with zero attached hydrogens (tertiary/aromatic N) is 2. The van der Waals surface area contributed by atoms with Crippen molar-refractivity contribution in [3.05, 3.63) is 15.5 Å². The third-order valence-electron chi connectivity index (χ3n) is 2.30. The van der Waals surface area contributed by atoms with E-state index in [1.807, 2.05) is 11.7 Å². The van der Waals surface area contributed by atoms with Crippen LogP contribution in [-0.4, -0.2) is 9.78 Å². The summed E-state index contributed by atoms with van der Waals surface area (Å²) in [5.41, 5.74) is 1.32. The predicted octanol–water partition coefficient (Wildman–Crippen LogP) is 2.29. The zero-order chi connectivity index (χ0) is 7.84. The van der Waals surface area contributed by atoms with Crippen molar-refractivity contribution in [3.63, 3.8) is 0 Å². The Labute approximate surface area is 80.1 Å². The van der Waals surface area contributed by atoms with Crippen LogP contribution in [0.5, 0.6) is 0 Å². The molecule has 60 valence electrons. The lowest BCUT2D eigenvalue weighted by molar-refractivity contribution is 0.406. The monoisotopic (exact) mass is 262 g/mol. The van der Waals surface area contributed by atoms with E-state index in [1.54, 1.807) is 0 Å². The predicted molar refractivity (Wildman–Crippen MR) is 52.5 cm³/mol. The molecule has 0 unspecified atom stereocenters. The molecule has 0 saturated heterocycles. The Morgan fingerprint density at radius 1 is 1.64 bits per heavy atom. The smallest absolute Gasteiger partial charge is 0.0788 e. The van der Waals surface area contributed by atoms with Gasteiger partial charge in [0.1, 0.15) is 0 Å². The number of halogens is 1. The first kappa shape index (κ1) is 7.58. The quantitative estimate of drug-likeness (QED) is 0.710. The van der Waals surface area contributed by atoms with Crippen molar-refractivity contribution in [2.75, 3.05) is 0 Å². The Morgan fingerprint density at radius 2 is 2.36 bits per heavy atom. The zero-order valence-corrected chi connectivity index (χ0v) is 8.71. The molecule has 0 amide bonds. The molecule has 0 spiro atoms. The fourth-order valence-corrected chi connectivity index (χ4v) is 2.39. The molecule has 0 radical (unpaired) electrons. The zero-order valence-electron chi connectivity index (χ0n) is 6.55. The molecule has 1 heterocycles. The van der Waals surface area contributed by atoms with Gasteiger partial charge in [-0.05, 0) is 35.4 Å². The van der Waals surface area contributed by atoms with Gasteiger partial charge < -0.3 is 0 Å². The van der Waals surface area contributed by atoms with Gasteiger partial charge >= 0.3 is 0 Å². The van der Waals surface area contributed by atoms with E-state index in [2.05, 4.69) is 33.9 Å². The fraction of sp³-hybridized carbons (Fsp3) is 0.625. The van der Waals surface area contributed by atoms with Gasteiger partial charge in [0.05, 0.1) is 9.26 Å². The molecule has 1 fully saturated rings. The summed E-state index contributed by atoms with van der Waals surface area (Å²) in [7, 11) is 1.99. The van der Waals surface area contributed by atoms with Crippen LogP contribution in [0.3, 0.4) is 0 Å². The molecule has 1 aliphatic carbocycles. The molecule has 0 N–H and O–H groups in total. The van der Waals surface area contributed by atoms with E-state index in [9.17, 15) is 0 Å². The van der Waals surface area contributed by atoms with Crippen LogP contribution in [0.15, 0.2) is 6.20 Å². The molecule has 2 nitrogen and oxygen atoms in total. The first-order valence-electron chi connectivity index (χ1n) is 3.96. The lowest BCUT2D eigenvalue weighted by atomic mass is 9.83. The second kappa shape index (κ2) is 2.77. The van der Waals surface area contributed by atoms with Crippen LogP contribution in [0.2, 0.25) is 0 Å². The summed E-state index contributed by atoms with van der Waals surface area (Å²) in [5, 5.41) is 4.44. The van der Waals surface area contributed by atoms with Crippen molar-refractivity contribution < 1.29 is 0 Å². The van der Waals surface area contributed by atoms with E-state index in [1.165, 1.54) is 28.5 Å². The molecule has 1 saturated carbocycles. The van der Waals surface area contributed by atoms with Crippen molar-refractivity contribution in [1.82, 2.24) is 9.78 Å². The molecule has 0 atom stereocenters. The van der Waals surface area contributed by atoms with Crippen molar-refractivity contribution in [2.24, 2.45) is 7.05 Å². The molecule has 0 aromatic carbocycles. The van der Waals surface area contributed by atoms with Gasteiger partial charge in [0, 0.05) is 19.2 Å². The van der Waals surface area contributed by atoms with Crippen molar-refractivity contribution in [3.8, 4) is 0 Å². The van der Waals surface area contributed by atoms with Gasteiger partial charge in [-0.2, -0.15) is 5.10 Å². The SMILES string of the molecule is Cn1cc(I)c(C2CCC2)n1. The molecular weight excluding hydrogens is 251 g/mol. The van der Waals surface area contributed by atoms with Crippen LogP contribution >= 0.6 is 22.6 Å². The van der Waals surface area contributed by atoms with E-state index in [-0.39, 0.29) is 0 Å². The Kier molecular flexibility index (Phi) is 1.91. The second-order valence-electron chi connectivity index (χ2n) is 3.16. The maximum Gasteiger partial charge on any atom is 0.0788 e. The summed E-state index contributed by atoms with van der Waals surface area (Å²) in [6.45, 7) is 0. The minimum absolute atomic E-state index is 0.767. The van der Waals surface area contributed by atoms with Gasteiger partial charge in [0.15, 0.2) is 0 Å². The summed E-state index contributed by atoms with van der Waals surface area (Å²) in [6.07, 6.45) is 6.16. The first-order chi connectivity index (χ1) is 5.27. The highest BCUT2D eigenvalue weighted by Gasteiger charge is 2.23. The van der Waals surface area contributed by atoms with E-state index < -0.39 is 0 Å². The Morgan fingerprint density at radius 3 is 2.73 bits per heavy atom. The number of aryl methyl sites for hydroxylation is 1. The largest absolute Gasteiger partial charge is 0.274 e. The Balaban J connectivity index is 2.28. The van der Waals surface area contributed by atoms with E-state index in [0.717, 1.165) is 5.92 Å². The molecule has 1 aromatic rings. The summed E-state index contributed by atoms with van der Waals surface area (Å²) >= 11 is 2.37. The van der Waals surface area contributed by atoms with Crippen LogP contribution in [0.1, 0.15) is 30.9 Å². The molecule has 0 bridgehead atoms. The summed E-state index contributed by atoms with van der Waals surface area (Å²) in [4.78, 5) is 0. The topological polar surface area (TPSA) is 17.8 Å². The van der Waals surface area contributed by atoms with E-state index in [4.69, 9.17) is 0 Å². The van der Waals surface area contributed by atoms with E-state index in [0.29, 0.717) is 0 Å². The molecule has 2 rings (SSSR count). The molecule has 1 aliphatic rings. The molecule has 11 heavy (non-hydrogen) atoms. The third kappa shape index (κ3) is 1.30. The van der Waals surface area contributed by atoms with Gasteiger partial charge in [-0.25, -0.2) is 0 Å². The normalized spacial score (nSPS) is 18.4. The lowest BCUT2D eigenvalue weighted by Crippen LogP contribution is -2.10. The average Bonchev–Trinajstić information content (AvgIpc) is 2.07. The number of rotatable bonds is 1. The summed E-state index contributed by atoms with van der Waals surface area (Å²) in [5.74, 6) is 0.767. The highest BCUT2D eigenvalue weighted by Crippen LogP contribution is 2.37. The Bertz CT molecular complexity index is 263. The van der Waals surface area contributed by atoms with Crippen molar-refractivity contribution in [1.29, 1.82) is 0 Å². The van der Waals surface area contributed by atoms with Crippen LogP contribution < -0.4 is 0 Å². The summed E-state index contributed by atoms with van der Waals surface area (Å²) in [6, 6.07) is 0. The highest BCUT2D eigenvalue weighted by molar-refractivity contribution is 14.1. The van der Waals surface area contributed by atoms with Gasteiger partial charge in [0.25, 0.3) is 0 Å². The first-order valence-corrected chi connectivity index (χ1v) is 5.04. The van der Waals surface area contributed by atoms with Gasteiger partial charge in [-0.1, -0.05) is 6.42 Å². The van der Waals surface area contributed by atoms with Crippen molar-refractivity contribution >= 4 is 22.6 Å². The molecule has 0 aliphatic heterocycles. The van der Waals surface area contributed by atoms with Gasteiger partial charge in [0.2, 0.25) is 0 Å². The van der Waals surface area contributed by atoms with Crippen molar-refractivity contribution in [2.45, 2.75) is 25.2 Å². The average molecular weight is 262 g/mol. The fourth-order valence-electron chi connectivity index (χ4n) is 1.44. The second-order valence-corrected chi connectivity index (χ2v) is 4.33. The Hall–Kier alpha value is -0.0600. The van der Waals surface area contributed by atoms with Crippen LogP contribution in [0.4, 0.5) is 0 Å². The van der Waals surface area contributed by atoms with Crippen LogP contribution in [0, 0.1) is 3.57 Å². The molecule has 3 heteroatoms. The van der Waals surface area contributed by atoms with Gasteiger partial charge in [-0.15, -0.1) is 0 Å². The minimum Gasteiger partial charge on any atom is -0.274 e. The van der Waals surface area contributed by atoms with Crippen LogP contribution in [0.25, 0.3) is 0 Å². The highest BCUT2D eigenvalue weighted by atomic mass is 127. The van der Waals surface area contributed by atoms with Gasteiger partial charge in [-0.3, -0.25) is 4.68 Å². The van der Waals surface area contributed by atoms with Crippen LogP contribution in [-0.2, 0) is 7.05 Å². The number of aromatic nitrogens is 2. The maximum absolute atomic E-state index is 4.44. The molecular formula is C8H11IN2. The number of hydrogen-bond donors (Lipinski definition) is 0. The molecule has 1 aromatic heterocycles. The maximum atomic E-state index is 4.44. The number of hydrogen-bond acceptors (Lipinski definition) is 1. The minimum atomic E-state index is 0.767.